The molecule has 0 amide bonds. The van der Waals surface area contributed by atoms with E-state index in [9.17, 15) is 9.50 Å². The first-order valence-electron chi connectivity index (χ1n) is 3.93. The molecule has 72 valence electrons. The number of aryl methyl sites for hydroxylation is 1. The van der Waals surface area contributed by atoms with E-state index in [2.05, 4.69) is 0 Å². The molecule has 0 aliphatic carbocycles. The maximum Gasteiger partial charge on any atom is 0.165 e. The molecular weight excluding hydrogens is 173 g/mol. The fourth-order valence-electron chi connectivity index (χ4n) is 1.17. The molecule has 1 unspecified atom stereocenters. The standard InChI is InChI=1S/C9H12FNO2/c1-5-2-8(12)7(10)3-6(5)9(13)4-11/h2-3,9,12-13H,4,11H2,1H3. The summed E-state index contributed by atoms with van der Waals surface area (Å²) in [5.74, 6) is -1.15. The monoisotopic (exact) mass is 185 g/mol. The number of aliphatic hydroxyl groups excluding tert-OH is 1. The van der Waals surface area contributed by atoms with Crippen molar-refractivity contribution in [2.24, 2.45) is 5.73 Å². The van der Waals surface area contributed by atoms with Crippen LogP contribution in [0.1, 0.15) is 17.2 Å². The van der Waals surface area contributed by atoms with Gasteiger partial charge in [0.05, 0.1) is 6.10 Å². The fourth-order valence-corrected chi connectivity index (χ4v) is 1.17. The number of phenols is 1. The van der Waals surface area contributed by atoms with Crippen LogP contribution < -0.4 is 5.73 Å². The second kappa shape index (κ2) is 3.72. The Morgan fingerprint density at radius 2 is 2.15 bits per heavy atom. The van der Waals surface area contributed by atoms with E-state index >= 15 is 0 Å². The third-order valence-corrected chi connectivity index (χ3v) is 1.92. The predicted molar refractivity (Wildman–Crippen MR) is 46.8 cm³/mol. The van der Waals surface area contributed by atoms with Gasteiger partial charge in [-0.05, 0) is 30.2 Å². The Labute approximate surface area is 75.6 Å². The van der Waals surface area contributed by atoms with Crippen molar-refractivity contribution < 1.29 is 14.6 Å². The number of phenolic OH excluding ortho intramolecular Hbond substituents is 1. The van der Waals surface area contributed by atoms with Gasteiger partial charge in [-0.25, -0.2) is 4.39 Å². The highest BCUT2D eigenvalue weighted by Gasteiger charge is 2.12. The van der Waals surface area contributed by atoms with Crippen molar-refractivity contribution in [3.05, 3.63) is 29.1 Å². The topological polar surface area (TPSA) is 66.5 Å². The molecule has 0 saturated heterocycles. The van der Waals surface area contributed by atoms with Crippen LogP contribution in [0, 0.1) is 12.7 Å². The van der Waals surface area contributed by atoms with E-state index < -0.39 is 17.7 Å². The summed E-state index contributed by atoms with van der Waals surface area (Å²) in [5, 5.41) is 18.3. The molecule has 0 bridgehead atoms. The third-order valence-electron chi connectivity index (χ3n) is 1.92. The first kappa shape index (κ1) is 9.95. The maximum atomic E-state index is 12.9. The van der Waals surface area contributed by atoms with E-state index in [1.54, 1.807) is 6.92 Å². The van der Waals surface area contributed by atoms with Crippen LogP contribution in [-0.4, -0.2) is 16.8 Å². The molecule has 1 atom stereocenters. The van der Waals surface area contributed by atoms with E-state index in [0.29, 0.717) is 11.1 Å². The smallest absolute Gasteiger partial charge is 0.165 e. The minimum absolute atomic E-state index is 0.0328. The molecule has 0 radical (unpaired) electrons. The summed E-state index contributed by atoms with van der Waals surface area (Å²) < 4.78 is 12.9. The zero-order valence-electron chi connectivity index (χ0n) is 7.29. The second-order valence-corrected chi connectivity index (χ2v) is 2.91. The van der Waals surface area contributed by atoms with Gasteiger partial charge in [0, 0.05) is 6.54 Å². The number of aliphatic hydroxyl groups is 1. The number of nitrogens with two attached hydrogens (primary N) is 1. The zero-order chi connectivity index (χ0) is 10.0. The molecule has 1 rings (SSSR count). The van der Waals surface area contributed by atoms with Gasteiger partial charge in [-0.3, -0.25) is 0 Å². The summed E-state index contributed by atoms with van der Waals surface area (Å²) in [6.45, 7) is 1.71. The highest BCUT2D eigenvalue weighted by Crippen LogP contribution is 2.24. The fraction of sp³-hybridized carbons (Fsp3) is 0.333. The zero-order valence-corrected chi connectivity index (χ0v) is 7.29. The molecule has 4 N–H and O–H groups in total. The molecule has 3 nitrogen and oxygen atoms in total. The van der Waals surface area contributed by atoms with Gasteiger partial charge >= 0.3 is 0 Å². The Morgan fingerprint density at radius 3 is 2.69 bits per heavy atom. The van der Waals surface area contributed by atoms with Crippen LogP contribution in [0.3, 0.4) is 0 Å². The minimum Gasteiger partial charge on any atom is -0.505 e. The number of hydrogen-bond donors (Lipinski definition) is 3. The maximum absolute atomic E-state index is 12.9. The molecule has 0 fully saturated rings. The molecular formula is C9H12FNO2. The Hall–Kier alpha value is -1.13. The van der Waals surface area contributed by atoms with Gasteiger partial charge in [0.15, 0.2) is 11.6 Å². The van der Waals surface area contributed by atoms with Crippen LogP contribution in [0.5, 0.6) is 5.75 Å². The summed E-state index contributed by atoms with van der Waals surface area (Å²) in [5.41, 5.74) is 6.26. The number of rotatable bonds is 2. The van der Waals surface area contributed by atoms with E-state index in [0.717, 1.165) is 6.07 Å². The highest BCUT2D eigenvalue weighted by atomic mass is 19.1. The molecule has 13 heavy (non-hydrogen) atoms. The largest absolute Gasteiger partial charge is 0.505 e. The van der Waals surface area contributed by atoms with E-state index in [1.807, 2.05) is 0 Å². The van der Waals surface area contributed by atoms with Gasteiger partial charge in [-0.2, -0.15) is 0 Å². The second-order valence-electron chi connectivity index (χ2n) is 2.91. The quantitative estimate of drug-likeness (QED) is 0.639. The molecule has 0 spiro atoms. The molecule has 0 heterocycles. The lowest BCUT2D eigenvalue weighted by Gasteiger charge is -2.11. The van der Waals surface area contributed by atoms with Crippen LogP contribution in [0.2, 0.25) is 0 Å². The van der Waals surface area contributed by atoms with Crippen LogP contribution >= 0.6 is 0 Å². The Balaban J connectivity index is 3.15. The van der Waals surface area contributed by atoms with Crippen LogP contribution in [-0.2, 0) is 0 Å². The number of benzene rings is 1. The number of halogens is 1. The molecule has 1 aromatic rings. The van der Waals surface area contributed by atoms with E-state index in [4.69, 9.17) is 10.8 Å². The van der Waals surface area contributed by atoms with Crippen molar-refractivity contribution in [3.63, 3.8) is 0 Å². The highest BCUT2D eigenvalue weighted by molar-refractivity contribution is 5.36. The minimum atomic E-state index is -0.880. The van der Waals surface area contributed by atoms with Gasteiger partial charge in [0.25, 0.3) is 0 Å². The molecule has 0 aliphatic heterocycles. The van der Waals surface area contributed by atoms with E-state index in [1.165, 1.54) is 6.07 Å². The SMILES string of the molecule is Cc1cc(O)c(F)cc1C(O)CN. The van der Waals surface area contributed by atoms with Crippen LogP contribution in [0.15, 0.2) is 12.1 Å². The Bertz CT molecular complexity index is 315. The summed E-state index contributed by atoms with van der Waals surface area (Å²) in [6, 6.07) is 2.37. The summed E-state index contributed by atoms with van der Waals surface area (Å²) in [6.07, 6.45) is -0.880. The van der Waals surface area contributed by atoms with Crippen molar-refractivity contribution in [1.29, 1.82) is 0 Å². The lowest BCUT2D eigenvalue weighted by atomic mass is 10.0. The van der Waals surface area contributed by atoms with Crippen molar-refractivity contribution in [2.45, 2.75) is 13.0 Å². The average molecular weight is 185 g/mol. The Morgan fingerprint density at radius 1 is 1.54 bits per heavy atom. The first-order valence-corrected chi connectivity index (χ1v) is 3.93. The molecule has 1 aromatic carbocycles. The normalized spacial score (nSPS) is 12.9. The summed E-state index contributed by atoms with van der Waals surface area (Å²) >= 11 is 0. The van der Waals surface area contributed by atoms with Crippen molar-refractivity contribution >= 4 is 0 Å². The van der Waals surface area contributed by atoms with E-state index in [-0.39, 0.29) is 6.54 Å². The van der Waals surface area contributed by atoms with Crippen LogP contribution in [0.25, 0.3) is 0 Å². The van der Waals surface area contributed by atoms with Crippen LogP contribution in [0.4, 0.5) is 4.39 Å². The molecule has 0 aromatic heterocycles. The summed E-state index contributed by atoms with van der Waals surface area (Å²) in [4.78, 5) is 0. The van der Waals surface area contributed by atoms with Gasteiger partial charge in [0.1, 0.15) is 0 Å². The van der Waals surface area contributed by atoms with Crippen molar-refractivity contribution in [3.8, 4) is 5.75 Å². The molecule has 0 aliphatic rings. The average Bonchev–Trinajstić information content (AvgIpc) is 2.10. The Kier molecular flexibility index (Phi) is 2.85. The third kappa shape index (κ3) is 1.96. The van der Waals surface area contributed by atoms with Crippen molar-refractivity contribution in [2.75, 3.05) is 6.54 Å². The number of aromatic hydroxyl groups is 1. The number of hydrogen-bond acceptors (Lipinski definition) is 3. The van der Waals surface area contributed by atoms with Gasteiger partial charge in [0.2, 0.25) is 0 Å². The van der Waals surface area contributed by atoms with Crippen molar-refractivity contribution in [1.82, 2.24) is 0 Å². The van der Waals surface area contributed by atoms with Gasteiger partial charge < -0.3 is 15.9 Å². The first-order chi connectivity index (χ1) is 6.06. The lowest BCUT2D eigenvalue weighted by molar-refractivity contribution is 0.185. The van der Waals surface area contributed by atoms with Gasteiger partial charge in [-0.1, -0.05) is 0 Å². The summed E-state index contributed by atoms with van der Waals surface area (Å²) in [7, 11) is 0. The molecule has 0 saturated carbocycles. The lowest BCUT2D eigenvalue weighted by Crippen LogP contribution is -2.12. The van der Waals surface area contributed by atoms with Gasteiger partial charge in [-0.15, -0.1) is 0 Å². The molecule has 4 heteroatoms. The predicted octanol–water partition coefficient (Wildman–Crippen LogP) is 0.832.